The first-order valence-corrected chi connectivity index (χ1v) is 4.81. The lowest BCUT2D eigenvalue weighted by atomic mass is 9.96. The summed E-state index contributed by atoms with van der Waals surface area (Å²) in [4.78, 5) is 35.5. The molecule has 5 nitrogen and oxygen atoms in total. The van der Waals surface area contributed by atoms with Crippen LogP contribution in [0, 0.1) is 5.92 Å². The first kappa shape index (κ1) is 11.4. The van der Waals surface area contributed by atoms with Gasteiger partial charge in [0.1, 0.15) is 5.92 Å². The number of urea groups is 1. The largest absolute Gasteiger partial charge is 0.330 e. The highest BCUT2D eigenvalue weighted by Crippen LogP contribution is 2.18. The molecule has 1 heterocycles. The summed E-state index contributed by atoms with van der Waals surface area (Å²) in [6, 6.07) is -0.632. The molecule has 0 spiro atoms. The van der Waals surface area contributed by atoms with Crippen molar-refractivity contribution >= 4 is 17.8 Å². The Kier molecular flexibility index (Phi) is 3.24. The number of allylic oxidation sites excluding steroid dienone is 1. The quantitative estimate of drug-likeness (QED) is 0.538. The lowest BCUT2D eigenvalue weighted by molar-refractivity contribution is -0.140. The van der Waals surface area contributed by atoms with Crippen LogP contribution in [-0.4, -0.2) is 29.3 Å². The molecule has 1 aliphatic heterocycles. The molecule has 0 radical (unpaired) electrons. The van der Waals surface area contributed by atoms with Crippen LogP contribution in [0.2, 0.25) is 0 Å². The van der Waals surface area contributed by atoms with Crippen molar-refractivity contribution < 1.29 is 14.4 Å². The first-order chi connectivity index (χ1) is 7.02. The highest BCUT2D eigenvalue weighted by Gasteiger charge is 2.40. The topological polar surface area (TPSA) is 66.5 Å². The van der Waals surface area contributed by atoms with E-state index in [-0.39, 0.29) is 6.54 Å². The van der Waals surface area contributed by atoms with Crippen LogP contribution in [0.15, 0.2) is 11.6 Å². The maximum absolute atomic E-state index is 11.8. The smallest absolute Gasteiger partial charge is 0.277 e. The Morgan fingerprint density at radius 2 is 2.07 bits per heavy atom. The van der Waals surface area contributed by atoms with Gasteiger partial charge < -0.3 is 0 Å². The molecule has 0 aromatic rings. The number of carbonyl (C=O) groups excluding carboxylic acids is 3. The van der Waals surface area contributed by atoms with Crippen molar-refractivity contribution in [3.63, 3.8) is 0 Å². The van der Waals surface area contributed by atoms with Gasteiger partial charge in [-0.3, -0.25) is 19.8 Å². The second kappa shape index (κ2) is 4.25. The third-order valence-corrected chi connectivity index (χ3v) is 2.48. The van der Waals surface area contributed by atoms with Gasteiger partial charge in [0.05, 0.1) is 0 Å². The summed E-state index contributed by atoms with van der Waals surface area (Å²) in [6.07, 6.45) is 1.70. The molecule has 15 heavy (non-hydrogen) atoms. The van der Waals surface area contributed by atoms with Crippen molar-refractivity contribution in [2.75, 3.05) is 6.54 Å². The van der Waals surface area contributed by atoms with Gasteiger partial charge in [0.2, 0.25) is 11.8 Å². The van der Waals surface area contributed by atoms with Gasteiger partial charge in [-0.05, 0) is 20.8 Å². The first-order valence-electron chi connectivity index (χ1n) is 4.81. The van der Waals surface area contributed by atoms with Crippen molar-refractivity contribution in [2.45, 2.75) is 20.8 Å². The minimum absolute atomic E-state index is 0.269. The monoisotopic (exact) mass is 210 g/mol. The van der Waals surface area contributed by atoms with Crippen LogP contribution < -0.4 is 5.32 Å². The summed E-state index contributed by atoms with van der Waals surface area (Å²) in [5, 5.41) is 2.16. The third-order valence-electron chi connectivity index (χ3n) is 2.48. The molecular weight excluding hydrogens is 196 g/mol. The van der Waals surface area contributed by atoms with E-state index in [0.29, 0.717) is 5.57 Å². The van der Waals surface area contributed by atoms with Crippen molar-refractivity contribution in [1.82, 2.24) is 10.2 Å². The molecule has 1 N–H and O–H groups in total. The van der Waals surface area contributed by atoms with Gasteiger partial charge in [0.25, 0.3) is 0 Å². The zero-order valence-corrected chi connectivity index (χ0v) is 9.03. The van der Waals surface area contributed by atoms with Gasteiger partial charge in [-0.2, -0.15) is 0 Å². The minimum Gasteiger partial charge on any atom is -0.277 e. The second-order valence-electron chi connectivity index (χ2n) is 3.34. The predicted octanol–water partition coefficient (Wildman–Crippen LogP) is 0.667. The molecule has 82 valence electrons. The van der Waals surface area contributed by atoms with E-state index >= 15 is 0 Å². The van der Waals surface area contributed by atoms with Crippen molar-refractivity contribution in [3.8, 4) is 0 Å². The fourth-order valence-electron chi connectivity index (χ4n) is 1.48. The maximum atomic E-state index is 11.8. The van der Waals surface area contributed by atoms with Crippen molar-refractivity contribution in [3.05, 3.63) is 11.6 Å². The summed E-state index contributed by atoms with van der Waals surface area (Å²) in [5.74, 6) is -1.83. The van der Waals surface area contributed by atoms with Crippen molar-refractivity contribution in [1.29, 1.82) is 0 Å². The van der Waals surface area contributed by atoms with E-state index in [0.717, 1.165) is 4.90 Å². The maximum Gasteiger partial charge on any atom is 0.330 e. The summed E-state index contributed by atoms with van der Waals surface area (Å²) < 4.78 is 0. The van der Waals surface area contributed by atoms with E-state index in [1.165, 1.54) is 0 Å². The number of amides is 4. The number of carbonyl (C=O) groups is 3. The van der Waals surface area contributed by atoms with Crippen LogP contribution in [0.1, 0.15) is 20.8 Å². The molecule has 0 aromatic heterocycles. The van der Waals surface area contributed by atoms with E-state index in [4.69, 9.17) is 0 Å². The molecule has 1 rings (SSSR count). The van der Waals surface area contributed by atoms with Gasteiger partial charge in [0.15, 0.2) is 0 Å². The van der Waals surface area contributed by atoms with Crippen LogP contribution in [0.3, 0.4) is 0 Å². The summed E-state index contributed by atoms with van der Waals surface area (Å²) >= 11 is 0. The van der Waals surface area contributed by atoms with Crippen LogP contribution >= 0.6 is 0 Å². The molecule has 0 saturated carbocycles. The number of rotatable bonds is 2. The summed E-state index contributed by atoms with van der Waals surface area (Å²) in [6.45, 7) is 5.41. The number of barbiturate groups is 1. The van der Waals surface area contributed by atoms with E-state index in [1.54, 1.807) is 26.8 Å². The normalized spacial score (nSPS) is 23.1. The zero-order chi connectivity index (χ0) is 11.6. The number of nitrogens with zero attached hydrogens (tertiary/aromatic N) is 1. The fraction of sp³-hybridized carbons (Fsp3) is 0.500. The lowest BCUT2D eigenvalue weighted by Crippen LogP contribution is -2.57. The van der Waals surface area contributed by atoms with E-state index in [2.05, 4.69) is 5.32 Å². The Hall–Kier alpha value is -1.65. The highest BCUT2D eigenvalue weighted by atomic mass is 16.2. The molecule has 0 aromatic carbocycles. The molecule has 5 heteroatoms. The predicted molar refractivity (Wildman–Crippen MR) is 53.8 cm³/mol. The average Bonchev–Trinajstić information content (AvgIpc) is 2.17. The van der Waals surface area contributed by atoms with Gasteiger partial charge in [0, 0.05) is 6.54 Å². The SMILES string of the molecule is C/C=C(/C)[C@H]1C(=O)NC(=O)N(CC)C1=O. The van der Waals surface area contributed by atoms with Gasteiger partial charge in [-0.1, -0.05) is 11.6 Å². The van der Waals surface area contributed by atoms with Crippen molar-refractivity contribution in [2.24, 2.45) is 5.92 Å². The number of imide groups is 2. The molecule has 0 aliphatic carbocycles. The van der Waals surface area contributed by atoms with E-state index in [9.17, 15) is 14.4 Å². The Balaban J connectivity index is 3.03. The standard InChI is InChI=1S/C10H14N2O3/c1-4-6(3)7-8(13)11-10(15)12(5-2)9(7)14/h4,7H,5H2,1-3H3,(H,11,13,15)/b6-4-/t7-/m0/s1. The van der Waals surface area contributed by atoms with Crippen LogP contribution in [0.25, 0.3) is 0 Å². The molecule has 0 bridgehead atoms. The minimum atomic E-state index is -0.854. The van der Waals surface area contributed by atoms with Gasteiger partial charge in [-0.25, -0.2) is 4.79 Å². The van der Waals surface area contributed by atoms with Gasteiger partial charge >= 0.3 is 6.03 Å². The number of hydrogen-bond acceptors (Lipinski definition) is 3. The molecule has 4 amide bonds. The number of hydrogen-bond donors (Lipinski definition) is 1. The second-order valence-corrected chi connectivity index (χ2v) is 3.34. The molecule has 1 fully saturated rings. The third kappa shape index (κ3) is 1.91. The Morgan fingerprint density at radius 3 is 2.53 bits per heavy atom. The number of nitrogens with one attached hydrogen (secondary N) is 1. The van der Waals surface area contributed by atoms with Crippen LogP contribution in [-0.2, 0) is 9.59 Å². The van der Waals surface area contributed by atoms with Crippen LogP contribution in [0.4, 0.5) is 4.79 Å². The zero-order valence-electron chi connectivity index (χ0n) is 9.03. The molecule has 0 unspecified atom stereocenters. The Labute approximate surface area is 88.1 Å². The van der Waals surface area contributed by atoms with Gasteiger partial charge in [-0.15, -0.1) is 0 Å². The molecule has 1 saturated heterocycles. The average molecular weight is 210 g/mol. The summed E-state index contributed by atoms with van der Waals surface area (Å²) in [7, 11) is 0. The Morgan fingerprint density at radius 1 is 1.47 bits per heavy atom. The summed E-state index contributed by atoms with van der Waals surface area (Å²) in [5.41, 5.74) is 0.656. The Bertz CT molecular complexity index is 347. The molecular formula is C10H14N2O3. The molecule has 1 atom stereocenters. The molecule has 1 aliphatic rings. The van der Waals surface area contributed by atoms with Crippen LogP contribution in [0.5, 0.6) is 0 Å². The highest BCUT2D eigenvalue weighted by molar-refractivity contribution is 6.17. The lowest BCUT2D eigenvalue weighted by Gasteiger charge is -2.29. The van der Waals surface area contributed by atoms with E-state index < -0.39 is 23.8 Å². The van der Waals surface area contributed by atoms with E-state index in [1.807, 2.05) is 0 Å². The fourth-order valence-corrected chi connectivity index (χ4v) is 1.48.